The fourth-order valence-electron chi connectivity index (χ4n) is 3.69. The fraction of sp³-hybridized carbons (Fsp3) is 0.733. The van der Waals surface area contributed by atoms with Gasteiger partial charge in [0.25, 0.3) is 0 Å². The lowest BCUT2D eigenvalue weighted by atomic mass is 9.78. The molecule has 4 nitrogen and oxygen atoms in total. The second kappa shape index (κ2) is 5.87. The Balaban J connectivity index is 1.75. The molecule has 0 bridgehead atoms. The standard InChI is InChI=1S/C15H24N4/c1-16-11-13-8-9-15(18-17-13)19-10-4-6-12-5-2-3-7-14(12)19/h8-9,12,14,16H,2-7,10-11H2,1H3. The molecule has 2 heterocycles. The zero-order chi connectivity index (χ0) is 13.1. The van der Waals surface area contributed by atoms with Crippen LogP contribution in [0.3, 0.4) is 0 Å². The van der Waals surface area contributed by atoms with E-state index < -0.39 is 0 Å². The van der Waals surface area contributed by atoms with Gasteiger partial charge in [-0.25, -0.2) is 0 Å². The third-order valence-corrected chi connectivity index (χ3v) is 4.60. The molecule has 1 aromatic heterocycles. The Hall–Kier alpha value is -1.16. The predicted molar refractivity (Wildman–Crippen MR) is 77.1 cm³/mol. The number of fused-ring (bicyclic) bond motifs is 1. The topological polar surface area (TPSA) is 41.0 Å². The maximum absolute atomic E-state index is 4.45. The van der Waals surface area contributed by atoms with Gasteiger partial charge in [-0.1, -0.05) is 12.8 Å². The molecule has 0 radical (unpaired) electrons. The summed E-state index contributed by atoms with van der Waals surface area (Å²) < 4.78 is 0. The second-order valence-corrected chi connectivity index (χ2v) is 5.86. The minimum atomic E-state index is 0.715. The van der Waals surface area contributed by atoms with E-state index in [9.17, 15) is 0 Å². The van der Waals surface area contributed by atoms with E-state index in [1.54, 1.807) is 0 Å². The highest BCUT2D eigenvalue weighted by Crippen LogP contribution is 2.36. The van der Waals surface area contributed by atoms with Crippen molar-refractivity contribution >= 4 is 5.82 Å². The summed E-state index contributed by atoms with van der Waals surface area (Å²) in [6.45, 7) is 1.94. The van der Waals surface area contributed by atoms with Crippen LogP contribution in [-0.4, -0.2) is 29.8 Å². The predicted octanol–water partition coefficient (Wildman–Crippen LogP) is 2.36. The van der Waals surface area contributed by atoms with Crippen molar-refractivity contribution < 1.29 is 0 Å². The van der Waals surface area contributed by atoms with Crippen LogP contribution in [-0.2, 0) is 6.54 Å². The van der Waals surface area contributed by atoms with Crippen molar-refractivity contribution in [2.24, 2.45) is 5.92 Å². The average molecular weight is 260 g/mol. The van der Waals surface area contributed by atoms with Crippen LogP contribution < -0.4 is 10.2 Å². The van der Waals surface area contributed by atoms with Crippen molar-refractivity contribution in [3.05, 3.63) is 17.8 Å². The molecule has 19 heavy (non-hydrogen) atoms. The van der Waals surface area contributed by atoms with Gasteiger partial charge in [0.15, 0.2) is 5.82 Å². The van der Waals surface area contributed by atoms with Crippen LogP contribution in [0.15, 0.2) is 12.1 Å². The van der Waals surface area contributed by atoms with Crippen LogP contribution >= 0.6 is 0 Å². The lowest BCUT2D eigenvalue weighted by Crippen LogP contribution is -2.47. The van der Waals surface area contributed by atoms with Gasteiger partial charge in [-0.2, -0.15) is 5.10 Å². The molecule has 4 heteroatoms. The number of nitrogens with one attached hydrogen (secondary N) is 1. The number of nitrogens with zero attached hydrogens (tertiary/aromatic N) is 3. The van der Waals surface area contributed by atoms with Crippen molar-refractivity contribution in [1.29, 1.82) is 0 Å². The Kier molecular flexibility index (Phi) is 3.97. The molecule has 2 fully saturated rings. The number of hydrogen-bond acceptors (Lipinski definition) is 4. The van der Waals surface area contributed by atoms with Gasteiger partial charge in [-0.3, -0.25) is 0 Å². The number of anilines is 1. The number of piperidine rings is 1. The Morgan fingerprint density at radius 2 is 2.00 bits per heavy atom. The summed E-state index contributed by atoms with van der Waals surface area (Å²) >= 11 is 0. The van der Waals surface area contributed by atoms with Gasteiger partial charge in [-0.05, 0) is 50.8 Å². The van der Waals surface area contributed by atoms with Crippen LogP contribution in [0.2, 0.25) is 0 Å². The summed E-state index contributed by atoms with van der Waals surface area (Å²) in [5, 5.41) is 11.9. The first-order valence-corrected chi connectivity index (χ1v) is 7.62. The molecule has 104 valence electrons. The molecular weight excluding hydrogens is 236 g/mol. The van der Waals surface area contributed by atoms with E-state index in [0.717, 1.165) is 30.5 Å². The van der Waals surface area contributed by atoms with Crippen molar-refractivity contribution in [1.82, 2.24) is 15.5 Å². The molecule has 0 aromatic carbocycles. The summed E-state index contributed by atoms with van der Waals surface area (Å²) in [5.74, 6) is 1.97. The summed E-state index contributed by atoms with van der Waals surface area (Å²) in [6.07, 6.45) is 8.26. The van der Waals surface area contributed by atoms with E-state index in [0.29, 0.717) is 6.04 Å². The lowest BCUT2D eigenvalue weighted by molar-refractivity contribution is 0.242. The highest BCUT2D eigenvalue weighted by molar-refractivity contribution is 5.40. The van der Waals surface area contributed by atoms with Gasteiger partial charge in [0.05, 0.1) is 5.69 Å². The van der Waals surface area contributed by atoms with Gasteiger partial charge >= 0.3 is 0 Å². The lowest BCUT2D eigenvalue weighted by Gasteiger charge is -2.44. The maximum Gasteiger partial charge on any atom is 0.151 e. The van der Waals surface area contributed by atoms with E-state index in [1.807, 2.05) is 7.05 Å². The summed E-state index contributed by atoms with van der Waals surface area (Å²) in [5.41, 5.74) is 1.02. The molecule has 0 spiro atoms. The largest absolute Gasteiger partial charge is 0.352 e. The van der Waals surface area contributed by atoms with Crippen LogP contribution in [0, 0.1) is 5.92 Å². The smallest absolute Gasteiger partial charge is 0.151 e. The maximum atomic E-state index is 4.45. The molecule has 2 aliphatic rings. The van der Waals surface area contributed by atoms with Crippen molar-refractivity contribution in [2.75, 3.05) is 18.5 Å². The van der Waals surface area contributed by atoms with Crippen LogP contribution in [0.4, 0.5) is 5.82 Å². The Morgan fingerprint density at radius 3 is 2.79 bits per heavy atom. The summed E-state index contributed by atoms with van der Waals surface area (Å²) in [7, 11) is 1.94. The molecule has 1 aliphatic heterocycles. The van der Waals surface area contributed by atoms with Gasteiger partial charge in [0.1, 0.15) is 0 Å². The first-order valence-electron chi connectivity index (χ1n) is 7.62. The van der Waals surface area contributed by atoms with E-state index in [-0.39, 0.29) is 0 Å². The van der Waals surface area contributed by atoms with E-state index >= 15 is 0 Å². The zero-order valence-electron chi connectivity index (χ0n) is 11.8. The van der Waals surface area contributed by atoms with Crippen LogP contribution in [0.1, 0.15) is 44.2 Å². The Bertz CT molecular complexity index is 401. The molecule has 2 atom stereocenters. The molecule has 1 N–H and O–H groups in total. The van der Waals surface area contributed by atoms with Crippen molar-refractivity contribution in [2.45, 2.75) is 51.1 Å². The molecule has 1 aromatic rings. The Morgan fingerprint density at radius 1 is 1.16 bits per heavy atom. The highest BCUT2D eigenvalue weighted by atomic mass is 15.3. The highest BCUT2D eigenvalue weighted by Gasteiger charge is 2.33. The van der Waals surface area contributed by atoms with Crippen LogP contribution in [0.25, 0.3) is 0 Å². The minimum Gasteiger partial charge on any atom is -0.352 e. The molecule has 3 rings (SSSR count). The second-order valence-electron chi connectivity index (χ2n) is 5.86. The average Bonchev–Trinajstić information content (AvgIpc) is 2.48. The summed E-state index contributed by atoms with van der Waals surface area (Å²) in [4.78, 5) is 2.52. The van der Waals surface area contributed by atoms with Gasteiger partial charge in [0.2, 0.25) is 0 Å². The molecule has 2 unspecified atom stereocenters. The van der Waals surface area contributed by atoms with Gasteiger partial charge < -0.3 is 10.2 Å². The monoisotopic (exact) mass is 260 g/mol. The molecule has 1 aliphatic carbocycles. The Labute approximate surface area is 115 Å². The quantitative estimate of drug-likeness (QED) is 0.906. The minimum absolute atomic E-state index is 0.715. The number of rotatable bonds is 3. The van der Waals surface area contributed by atoms with E-state index in [2.05, 4.69) is 32.5 Å². The van der Waals surface area contributed by atoms with Crippen LogP contribution in [0.5, 0.6) is 0 Å². The van der Waals surface area contributed by atoms with E-state index in [1.165, 1.54) is 38.5 Å². The SMILES string of the molecule is CNCc1ccc(N2CCCC3CCCCC32)nn1. The molecule has 1 saturated carbocycles. The third-order valence-electron chi connectivity index (χ3n) is 4.60. The van der Waals surface area contributed by atoms with Gasteiger partial charge in [0, 0.05) is 19.1 Å². The first kappa shape index (κ1) is 12.9. The number of hydrogen-bond donors (Lipinski definition) is 1. The number of aromatic nitrogens is 2. The third kappa shape index (κ3) is 2.73. The first-order chi connectivity index (χ1) is 9.38. The molecule has 0 amide bonds. The van der Waals surface area contributed by atoms with Crippen molar-refractivity contribution in [3.63, 3.8) is 0 Å². The fourth-order valence-corrected chi connectivity index (χ4v) is 3.69. The summed E-state index contributed by atoms with van der Waals surface area (Å²) in [6, 6.07) is 4.97. The van der Waals surface area contributed by atoms with Gasteiger partial charge in [-0.15, -0.1) is 5.10 Å². The molecule has 1 saturated heterocycles. The van der Waals surface area contributed by atoms with Crippen molar-refractivity contribution in [3.8, 4) is 0 Å². The molecular formula is C15H24N4. The zero-order valence-corrected chi connectivity index (χ0v) is 11.8. The normalized spacial score (nSPS) is 27.1. The van der Waals surface area contributed by atoms with E-state index in [4.69, 9.17) is 0 Å².